The molecule has 4 heterocycles. The summed E-state index contributed by atoms with van der Waals surface area (Å²) in [6.07, 6.45) is 3.80. The number of likely N-dealkylation sites (tertiary alicyclic amines) is 1. The SMILES string of the molecule is Cc1cc(Br)cn(CC(=O)N2CCC(c3nc(C4=NOC(c5ccccc5Cl)C4)cs3)CC2)c1=O. The molecule has 1 aromatic carbocycles. The molecule has 0 radical (unpaired) electrons. The minimum absolute atomic E-state index is 0.0362. The number of piperidine rings is 1. The quantitative estimate of drug-likeness (QED) is 0.414. The van der Waals surface area contributed by atoms with Gasteiger partial charge in [-0.2, -0.15) is 0 Å². The van der Waals surface area contributed by atoms with Gasteiger partial charge in [0.2, 0.25) is 5.91 Å². The number of aromatic nitrogens is 2. The summed E-state index contributed by atoms with van der Waals surface area (Å²) in [5.41, 5.74) is 3.09. The maximum Gasteiger partial charge on any atom is 0.253 e. The van der Waals surface area contributed by atoms with E-state index in [1.54, 1.807) is 30.5 Å². The summed E-state index contributed by atoms with van der Waals surface area (Å²) in [6, 6.07) is 9.42. The van der Waals surface area contributed by atoms with Gasteiger partial charge < -0.3 is 14.3 Å². The van der Waals surface area contributed by atoms with Crippen LogP contribution in [-0.4, -0.2) is 39.2 Å². The van der Waals surface area contributed by atoms with Crippen molar-refractivity contribution in [3.63, 3.8) is 0 Å². The molecule has 2 aliphatic heterocycles. The molecule has 0 N–H and O–H groups in total. The number of hydrogen-bond acceptors (Lipinski definition) is 6. The lowest BCUT2D eigenvalue weighted by molar-refractivity contribution is -0.132. The highest BCUT2D eigenvalue weighted by Gasteiger charge is 2.29. The summed E-state index contributed by atoms with van der Waals surface area (Å²) in [4.78, 5) is 37.5. The number of nitrogens with zero attached hydrogens (tertiary/aromatic N) is 4. The third kappa shape index (κ3) is 5.22. The molecule has 0 aliphatic carbocycles. The van der Waals surface area contributed by atoms with Gasteiger partial charge in [-0.25, -0.2) is 4.98 Å². The van der Waals surface area contributed by atoms with E-state index in [0.29, 0.717) is 36.0 Å². The van der Waals surface area contributed by atoms with Crippen molar-refractivity contribution in [3.8, 4) is 0 Å². The van der Waals surface area contributed by atoms with Crippen LogP contribution < -0.4 is 5.56 Å². The van der Waals surface area contributed by atoms with Crippen molar-refractivity contribution in [2.24, 2.45) is 5.16 Å². The van der Waals surface area contributed by atoms with Gasteiger partial charge >= 0.3 is 0 Å². The van der Waals surface area contributed by atoms with Crippen molar-refractivity contribution in [2.75, 3.05) is 13.1 Å². The first-order valence-electron chi connectivity index (χ1n) is 11.5. The number of oxime groups is 1. The molecule has 1 amide bonds. The van der Waals surface area contributed by atoms with Crippen LogP contribution in [0.25, 0.3) is 0 Å². The molecule has 5 rings (SSSR count). The molecular formula is C25H24BrClN4O3S. The van der Waals surface area contributed by atoms with Crippen LogP contribution in [0.4, 0.5) is 0 Å². The smallest absolute Gasteiger partial charge is 0.253 e. The molecule has 1 atom stereocenters. The number of benzene rings is 1. The first kappa shape index (κ1) is 24.2. The normalized spacial score (nSPS) is 18.4. The number of pyridine rings is 1. The Labute approximate surface area is 220 Å². The number of hydrogen-bond donors (Lipinski definition) is 0. The molecule has 35 heavy (non-hydrogen) atoms. The van der Waals surface area contributed by atoms with E-state index in [1.165, 1.54) is 4.57 Å². The molecule has 1 fully saturated rings. The van der Waals surface area contributed by atoms with Crippen LogP contribution in [-0.2, 0) is 16.2 Å². The van der Waals surface area contributed by atoms with E-state index >= 15 is 0 Å². The van der Waals surface area contributed by atoms with E-state index < -0.39 is 0 Å². The zero-order chi connectivity index (χ0) is 24.5. The summed E-state index contributed by atoms with van der Waals surface area (Å²) in [5.74, 6) is 0.266. The standard InChI is InChI=1S/C25H24BrClN4O3S/c1-15-10-17(26)12-31(25(15)33)13-23(32)30-8-6-16(7-9-30)24-28-21(14-35-24)20-11-22(34-29-20)18-4-2-3-5-19(18)27/h2-5,10,12,14,16,22H,6-9,11,13H2,1H3. The predicted molar refractivity (Wildman–Crippen MR) is 140 cm³/mol. The number of rotatable bonds is 5. The summed E-state index contributed by atoms with van der Waals surface area (Å²) in [6.45, 7) is 3.11. The summed E-state index contributed by atoms with van der Waals surface area (Å²) in [7, 11) is 0. The summed E-state index contributed by atoms with van der Waals surface area (Å²) in [5, 5.41) is 8.05. The van der Waals surface area contributed by atoms with E-state index in [1.807, 2.05) is 34.5 Å². The Kier molecular flexibility index (Phi) is 7.09. The molecule has 0 bridgehead atoms. The predicted octanol–water partition coefficient (Wildman–Crippen LogP) is 5.30. The third-order valence-corrected chi connectivity index (χ3v) is 8.26. The lowest BCUT2D eigenvalue weighted by Gasteiger charge is -2.31. The second kappa shape index (κ2) is 10.2. The van der Waals surface area contributed by atoms with Crippen LogP contribution in [0.5, 0.6) is 0 Å². The van der Waals surface area contributed by atoms with E-state index in [4.69, 9.17) is 21.4 Å². The van der Waals surface area contributed by atoms with E-state index in [9.17, 15) is 9.59 Å². The Bertz CT molecular complexity index is 1350. The maximum atomic E-state index is 12.8. The molecule has 2 aliphatic rings. The van der Waals surface area contributed by atoms with Crippen molar-refractivity contribution in [1.82, 2.24) is 14.5 Å². The van der Waals surface area contributed by atoms with Gasteiger partial charge in [0.1, 0.15) is 12.3 Å². The maximum absolute atomic E-state index is 12.8. The average molecular weight is 576 g/mol. The fourth-order valence-electron chi connectivity index (χ4n) is 4.52. The molecule has 1 saturated heterocycles. The first-order chi connectivity index (χ1) is 16.9. The molecule has 10 heteroatoms. The highest BCUT2D eigenvalue weighted by atomic mass is 79.9. The highest BCUT2D eigenvalue weighted by molar-refractivity contribution is 9.10. The number of thiazole rings is 1. The summed E-state index contributed by atoms with van der Waals surface area (Å²) >= 11 is 11.3. The Morgan fingerprint density at radius 3 is 2.83 bits per heavy atom. The molecule has 0 saturated carbocycles. The monoisotopic (exact) mass is 574 g/mol. The first-order valence-corrected chi connectivity index (χ1v) is 13.5. The van der Waals surface area contributed by atoms with E-state index in [-0.39, 0.29) is 24.1 Å². The summed E-state index contributed by atoms with van der Waals surface area (Å²) < 4.78 is 2.26. The minimum Gasteiger partial charge on any atom is -0.387 e. The Morgan fingerprint density at radius 1 is 1.29 bits per heavy atom. The van der Waals surface area contributed by atoms with Gasteiger partial charge in [-0.05, 0) is 47.8 Å². The molecule has 2 aromatic heterocycles. The molecule has 182 valence electrons. The van der Waals surface area contributed by atoms with Gasteiger partial charge in [0.25, 0.3) is 5.56 Å². The van der Waals surface area contributed by atoms with E-state index in [2.05, 4.69) is 21.1 Å². The molecule has 1 unspecified atom stereocenters. The lowest BCUT2D eigenvalue weighted by atomic mass is 9.97. The number of halogens is 2. The van der Waals surface area contributed by atoms with E-state index in [0.717, 1.165) is 39.3 Å². The number of carbonyl (C=O) groups is 1. The number of aryl methyl sites for hydroxylation is 1. The van der Waals surface area contributed by atoms with Gasteiger partial charge in [0.15, 0.2) is 6.10 Å². The molecule has 0 spiro atoms. The topological polar surface area (TPSA) is 76.8 Å². The zero-order valence-electron chi connectivity index (χ0n) is 19.1. The molecule has 7 nitrogen and oxygen atoms in total. The van der Waals surface area contributed by atoms with Crippen LogP contribution in [0.15, 0.2) is 56.3 Å². The zero-order valence-corrected chi connectivity index (χ0v) is 22.3. The van der Waals surface area contributed by atoms with Crippen molar-refractivity contribution < 1.29 is 9.63 Å². The Hall–Kier alpha value is -2.49. The van der Waals surface area contributed by atoms with Crippen LogP contribution in [0, 0.1) is 6.92 Å². The Balaban J connectivity index is 1.18. The minimum atomic E-state index is -0.195. The number of carbonyl (C=O) groups excluding carboxylic acids is 1. The van der Waals surface area contributed by atoms with Crippen LogP contribution in [0.1, 0.15) is 53.1 Å². The van der Waals surface area contributed by atoms with Gasteiger partial charge in [-0.1, -0.05) is 35.0 Å². The van der Waals surface area contributed by atoms with Crippen molar-refractivity contribution in [3.05, 3.63) is 83.6 Å². The Morgan fingerprint density at radius 2 is 2.06 bits per heavy atom. The van der Waals surface area contributed by atoms with Gasteiger partial charge in [-0.15, -0.1) is 11.3 Å². The largest absolute Gasteiger partial charge is 0.387 e. The number of amides is 1. The van der Waals surface area contributed by atoms with Crippen molar-refractivity contribution in [2.45, 2.75) is 44.8 Å². The molecular weight excluding hydrogens is 552 g/mol. The highest BCUT2D eigenvalue weighted by Crippen LogP contribution is 2.35. The second-order valence-electron chi connectivity index (χ2n) is 8.86. The second-order valence-corrected chi connectivity index (χ2v) is 11.1. The average Bonchev–Trinajstić information content (AvgIpc) is 3.53. The van der Waals surface area contributed by atoms with Gasteiger partial charge in [0.05, 0.1) is 10.7 Å². The van der Waals surface area contributed by atoms with Gasteiger partial charge in [-0.3, -0.25) is 9.59 Å². The molecule has 3 aromatic rings. The van der Waals surface area contributed by atoms with Crippen LogP contribution in [0.2, 0.25) is 5.02 Å². The van der Waals surface area contributed by atoms with Crippen molar-refractivity contribution >= 4 is 50.5 Å². The van der Waals surface area contributed by atoms with Crippen molar-refractivity contribution in [1.29, 1.82) is 0 Å². The van der Waals surface area contributed by atoms with Gasteiger partial charge in [0, 0.05) is 57.6 Å². The fraction of sp³-hybridized carbons (Fsp3) is 0.360. The van der Waals surface area contributed by atoms with Crippen LogP contribution in [0.3, 0.4) is 0 Å². The third-order valence-electron chi connectivity index (χ3n) is 6.47. The lowest BCUT2D eigenvalue weighted by Crippen LogP contribution is -2.41. The van der Waals surface area contributed by atoms with Crippen LogP contribution >= 0.6 is 38.9 Å². The fourth-order valence-corrected chi connectivity index (χ4v) is 6.37.